The van der Waals surface area contributed by atoms with Gasteiger partial charge in [0.25, 0.3) is 0 Å². The van der Waals surface area contributed by atoms with Gasteiger partial charge in [0.1, 0.15) is 0 Å². The van der Waals surface area contributed by atoms with E-state index in [-0.39, 0.29) is 0 Å². The molecule has 0 rings (SSSR count). The van der Waals surface area contributed by atoms with Gasteiger partial charge < -0.3 is 0 Å². The van der Waals surface area contributed by atoms with Crippen molar-refractivity contribution in [2.45, 2.75) is 11.4 Å². The van der Waals surface area contributed by atoms with Crippen molar-refractivity contribution in [2.24, 2.45) is 4.65 Å². The molecule has 0 amide bonds. The van der Waals surface area contributed by atoms with Gasteiger partial charge >= 0.3 is 31.0 Å². The molecule has 0 aromatic carbocycles. The van der Waals surface area contributed by atoms with E-state index in [1.54, 1.807) is 0 Å². The third kappa shape index (κ3) is 21.6. The molecule has 0 aliphatic rings. The van der Waals surface area contributed by atoms with Gasteiger partial charge in [-0.2, -0.15) is 0 Å². The van der Waals surface area contributed by atoms with Crippen molar-refractivity contribution < 1.29 is 0 Å². The van der Waals surface area contributed by atoms with Gasteiger partial charge in [-0.25, -0.2) is 0 Å². The average molecular weight is 121 g/mol. The van der Waals surface area contributed by atoms with Crippen LogP contribution in [0.15, 0.2) is 0 Å². The van der Waals surface area contributed by atoms with E-state index in [9.17, 15) is 0 Å². The van der Waals surface area contributed by atoms with Crippen LogP contribution in [-0.4, -0.2) is 14.9 Å². The summed E-state index contributed by atoms with van der Waals surface area (Å²) in [6.07, 6.45) is 0. The van der Waals surface area contributed by atoms with Crippen LogP contribution in [-0.2, 0) is 0 Å². The Labute approximate surface area is 31.7 Å². The first kappa shape index (κ1) is 4.52. The average Bonchev–Trinajstić information content (AvgIpc) is 0.811. The molecule has 0 heterocycles. The molecule has 0 fully saturated rings. The fourth-order valence-electron chi connectivity index (χ4n) is 0. The van der Waals surface area contributed by atoms with Crippen molar-refractivity contribution in [3.8, 4) is 0 Å². The van der Waals surface area contributed by atoms with Gasteiger partial charge in [-0.05, 0) is 0 Å². The standard InChI is InChI=1S/C2H8AsN/c1-3(2)4/h4H2,1-2H3. The van der Waals surface area contributed by atoms with Crippen molar-refractivity contribution in [3.05, 3.63) is 0 Å². The molecule has 0 aliphatic carbocycles. The zero-order valence-corrected chi connectivity index (χ0v) is 4.90. The van der Waals surface area contributed by atoms with Gasteiger partial charge in [0, 0.05) is 0 Å². The fraction of sp³-hybridized carbons (Fsp3) is 1.00. The van der Waals surface area contributed by atoms with Gasteiger partial charge in [0.05, 0.1) is 0 Å². The number of rotatable bonds is 0. The summed E-state index contributed by atoms with van der Waals surface area (Å²) in [6.45, 7) is 0. The molecule has 0 aromatic heterocycles. The van der Waals surface area contributed by atoms with Gasteiger partial charge in [0.15, 0.2) is 0 Å². The molecule has 1 nitrogen and oxygen atoms in total. The van der Waals surface area contributed by atoms with E-state index >= 15 is 0 Å². The predicted molar refractivity (Wildman–Crippen MR) is 21.7 cm³/mol. The molecule has 0 saturated heterocycles. The Bertz CT molecular complexity index is 10.8. The molecule has 26 valence electrons. The molecule has 0 spiro atoms. The van der Waals surface area contributed by atoms with E-state index in [2.05, 4.69) is 11.4 Å². The summed E-state index contributed by atoms with van der Waals surface area (Å²) in [4.78, 5) is 0. The van der Waals surface area contributed by atoms with Crippen molar-refractivity contribution >= 4 is 14.9 Å². The SMILES string of the molecule is C[As](C)N. The molecule has 0 unspecified atom stereocenters. The first-order chi connectivity index (χ1) is 1.73. The second-order valence-corrected chi connectivity index (χ2v) is 5.01. The Balaban J connectivity index is 2.32. The fourth-order valence-corrected chi connectivity index (χ4v) is 0. The molecule has 2 N–H and O–H groups in total. The van der Waals surface area contributed by atoms with Crippen molar-refractivity contribution in [1.29, 1.82) is 0 Å². The van der Waals surface area contributed by atoms with Crippen molar-refractivity contribution in [2.75, 3.05) is 0 Å². The predicted octanol–water partition coefficient (Wildman–Crippen LogP) is 0.196. The Hall–Kier alpha value is 0.518. The van der Waals surface area contributed by atoms with Crippen molar-refractivity contribution in [3.63, 3.8) is 0 Å². The Morgan fingerprint density at radius 3 is 1.50 bits per heavy atom. The third-order valence-corrected chi connectivity index (χ3v) is 0. The van der Waals surface area contributed by atoms with Gasteiger partial charge in [-0.15, -0.1) is 0 Å². The first-order valence-corrected chi connectivity index (χ1v) is 5.99. The minimum absolute atomic E-state index is 0.688. The van der Waals surface area contributed by atoms with Crippen LogP contribution in [0.25, 0.3) is 0 Å². The number of nitrogens with two attached hydrogens (primary N) is 1. The summed E-state index contributed by atoms with van der Waals surface area (Å²) in [5, 5.41) is 0. The summed E-state index contributed by atoms with van der Waals surface area (Å²) in [5.41, 5.74) is 4.18. The Morgan fingerprint density at radius 1 is 1.50 bits per heavy atom. The van der Waals surface area contributed by atoms with Crippen LogP contribution in [0, 0.1) is 0 Å². The molecular weight excluding hydrogens is 113 g/mol. The molecule has 0 radical (unpaired) electrons. The van der Waals surface area contributed by atoms with E-state index in [4.69, 9.17) is 4.65 Å². The van der Waals surface area contributed by atoms with Crippen molar-refractivity contribution in [1.82, 2.24) is 0 Å². The molecule has 0 aromatic rings. The van der Waals surface area contributed by atoms with Crippen LogP contribution < -0.4 is 4.65 Å². The van der Waals surface area contributed by atoms with E-state index in [1.165, 1.54) is 0 Å². The van der Waals surface area contributed by atoms with E-state index in [0.29, 0.717) is 0 Å². The second-order valence-electron chi connectivity index (χ2n) is 0.964. The maximum absolute atomic E-state index is 5.26. The molecule has 0 bridgehead atoms. The molecule has 0 saturated carbocycles. The minimum atomic E-state index is -0.688. The quantitative estimate of drug-likeness (QED) is 0.455. The summed E-state index contributed by atoms with van der Waals surface area (Å²) >= 11 is -0.688. The van der Waals surface area contributed by atoms with E-state index in [1.807, 2.05) is 0 Å². The van der Waals surface area contributed by atoms with Crippen LogP contribution in [0.1, 0.15) is 0 Å². The zero-order valence-electron chi connectivity index (χ0n) is 3.02. The topological polar surface area (TPSA) is 26.0 Å². The van der Waals surface area contributed by atoms with E-state index < -0.39 is 14.9 Å². The maximum atomic E-state index is 5.26. The summed E-state index contributed by atoms with van der Waals surface area (Å²) in [5.74, 6) is 0. The van der Waals surface area contributed by atoms with Crippen LogP contribution >= 0.6 is 0 Å². The van der Waals surface area contributed by atoms with Crippen LogP contribution in [0.4, 0.5) is 0 Å². The Kier molecular flexibility index (Phi) is 2.04. The summed E-state index contributed by atoms with van der Waals surface area (Å²) in [6, 6.07) is 0. The normalized spacial score (nSPS) is 9.00. The summed E-state index contributed by atoms with van der Waals surface area (Å²) < 4.78 is 5.26. The molecule has 0 atom stereocenters. The van der Waals surface area contributed by atoms with Crippen LogP contribution in [0.5, 0.6) is 0 Å². The Morgan fingerprint density at radius 2 is 1.50 bits per heavy atom. The zero-order chi connectivity index (χ0) is 3.58. The van der Waals surface area contributed by atoms with Crippen LogP contribution in [0.3, 0.4) is 0 Å². The molecule has 2 heteroatoms. The van der Waals surface area contributed by atoms with Gasteiger partial charge in [-0.1, -0.05) is 0 Å². The molecule has 0 aliphatic heterocycles. The number of hydrogen-bond donors (Lipinski definition) is 1. The monoisotopic (exact) mass is 121 g/mol. The molecule has 4 heavy (non-hydrogen) atoms. The molecular formula is C2H8AsN. The van der Waals surface area contributed by atoms with Gasteiger partial charge in [0.2, 0.25) is 0 Å². The first-order valence-electron chi connectivity index (χ1n) is 1.15. The third-order valence-electron chi connectivity index (χ3n) is 0. The second kappa shape index (κ2) is 1.80. The van der Waals surface area contributed by atoms with E-state index in [0.717, 1.165) is 0 Å². The van der Waals surface area contributed by atoms with Gasteiger partial charge in [-0.3, -0.25) is 0 Å². The van der Waals surface area contributed by atoms with Crippen LogP contribution in [0.2, 0.25) is 11.4 Å². The summed E-state index contributed by atoms with van der Waals surface area (Å²) in [7, 11) is 0. The number of hydrogen-bond acceptors (Lipinski definition) is 1.